The van der Waals surface area contributed by atoms with Crippen LogP contribution < -0.4 is 11.5 Å². The maximum atomic E-state index is 9.00. The van der Waals surface area contributed by atoms with E-state index in [1.165, 1.54) is 12.8 Å². The van der Waals surface area contributed by atoms with E-state index in [4.69, 9.17) is 4.79 Å². The second kappa shape index (κ2) is 10.9. The number of hydrogen-bond acceptors (Lipinski definition) is 1. The molecule has 0 aliphatic rings. The molecule has 0 unspecified atom stereocenters. The van der Waals surface area contributed by atoms with E-state index in [9.17, 15) is 0 Å². The monoisotopic (exact) mass is 144 g/mol. The zero-order valence-electron chi connectivity index (χ0n) is 6.63. The smallest absolute Gasteiger partial charge is 0.309 e. The van der Waals surface area contributed by atoms with Crippen molar-refractivity contribution >= 4 is 6.03 Å². The SMILES string of the molecule is CC=CCCC.NC(N)=O. The molecule has 0 saturated heterocycles. The zero-order valence-corrected chi connectivity index (χ0v) is 6.63. The molecule has 3 heteroatoms. The number of rotatable bonds is 2. The highest BCUT2D eigenvalue weighted by molar-refractivity contribution is 5.69. The van der Waals surface area contributed by atoms with Crippen molar-refractivity contribution in [2.75, 3.05) is 0 Å². The van der Waals surface area contributed by atoms with E-state index >= 15 is 0 Å². The zero-order chi connectivity index (χ0) is 8.41. The minimum absolute atomic E-state index is 0.833. The molecule has 0 aromatic heterocycles. The Labute approximate surface area is 62.1 Å². The summed E-state index contributed by atoms with van der Waals surface area (Å²) in [5.74, 6) is 0. The van der Waals surface area contributed by atoms with Gasteiger partial charge in [0, 0.05) is 0 Å². The highest BCUT2D eigenvalue weighted by Gasteiger charge is 1.64. The number of allylic oxidation sites excluding steroid dienone is 2. The van der Waals surface area contributed by atoms with Crippen molar-refractivity contribution in [1.82, 2.24) is 0 Å². The van der Waals surface area contributed by atoms with Crippen molar-refractivity contribution in [3.63, 3.8) is 0 Å². The first-order valence-electron chi connectivity index (χ1n) is 3.31. The molecule has 60 valence electrons. The normalized spacial score (nSPS) is 8.60. The van der Waals surface area contributed by atoms with Crippen molar-refractivity contribution in [2.24, 2.45) is 11.5 Å². The van der Waals surface area contributed by atoms with Gasteiger partial charge in [-0.25, -0.2) is 4.79 Å². The van der Waals surface area contributed by atoms with Crippen LogP contribution in [0.3, 0.4) is 0 Å². The number of unbranched alkanes of at least 4 members (excludes halogenated alkanes) is 1. The summed E-state index contributed by atoms with van der Waals surface area (Å²) in [6.45, 7) is 4.23. The molecule has 0 aromatic carbocycles. The van der Waals surface area contributed by atoms with E-state index < -0.39 is 6.03 Å². The van der Waals surface area contributed by atoms with Gasteiger partial charge < -0.3 is 11.5 Å². The molecule has 0 fully saturated rings. The van der Waals surface area contributed by atoms with Crippen LogP contribution in [0.2, 0.25) is 0 Å². The standard InChI is InChI=1S/C6H12.CH4N2O/c1-3-5-6-4-2;2-1(3)4/h3,5H,4,6H2,1-2H3;(H4,2,3,4). The maximum Gasteiger partial charge on any atom is 0.309 e. The molecule has 0 aliphatic carbocycles. The van der Waals surface area contributed by atoms with Crippen LogP contribution in [0.15, 0.2) is 12.2 Å². The summed E-state index contributed by atoms with van der Waals surface area (Å²) in [6.07, 6.45) is 6.77. The third-order valence-corrected chi connectivity index (χ3v) is 0.691. The average molecular weight is 144 g/mol. The summed E-state index contributed by atoms with van der Waals surface area (Å²) in [5.41, 5.74) is 8.50. The Kier molecular flexibility index (Phi) is 12.8. The Hall–Kier alpha value is -0.990. The molecule has 0 heterocycles. The first kappa shape index (κ1) is 11.8. The Bertz CT molecular complexity index is 95.8. The Morgan fingerprint density at radius 1 is 1.50 bits per heavy atom. The first-order chi connectivity index (χ1) is 4.65. The largest absolute Gasteiger partial charge is 0.352 e. The van der Waals surface area contributed by atoms with Gasteiger partial charge >= 0.3 is 6.03 Å². The van der Waals surface area contributed by atoms with Gasteiger partial charge in [0.25, 0.3) is 0 Å². The van der Waals surface area contributed by atoms with Gasteiger partial charge in [0.05, 0.1) is 0 Å². The van der Waals surface area contributed by atoms with Gasteiger partial charge in [-0.2, -0.15) is 0 Å². The fourth-order valence-electron chi connectivity index (χ4n) is 0.333. The van der Waals surface area contributed by atoms with Crippen molar-refractivity contribution in [1.29, 1.82) is 0 Å². The molecule has 0 rings (SSSR count). The average Bonchev–Trinajstić information content (AvgIpc) is 1.82. The highest BCUT2D eigenvalue weighted by Crippen LogP contribution is 1.85. The molecule has 0 atom stereocenters. The Balaban J connectivity index is 0. The number of nitrogens with two attached hydrogens (primary N) is 2. The molecule has 0 saturated carbocycles. The highest BCUT2D eigenvalue weighted by atomic mass is 16.2. The third kappa shape index (κ3) is 62.7. The maximum absolute atomic E-state index is 9.00. The van der Waals surface area contributed by atoms with E-state index in [2.05, 4.69) is 37.5 Å². The Morgan fingerprint density at radius 3 is 2.00 bits per heavy atom. The molecular weight excluding hydrogens is 128 g/mol. The predicted molar refractivity (Wildman–Crippen MR) is 43.5 cm³/mol. The van der Waals surface area contributed by atoms with Crippen molar-refractivity contribution in [3.05, 3.63) is 12.2 Å². The second-order valence-electron chi connectivity index (χ2n) is 1.76. The number of amides is 2. The minimum Gasteiger partial charge on any atom is -0.352 e. The van der Waals surface area contributed by atoms with Gasteiger partial charge in [-0.1, -0.05) is 25.5 Å². The van der Waals surface area contributed by atoms with Gasteiger partial charge in [-0.15, -0.1) is 0 Å². The fourth-order valence-corrected chi connectivity index (χ4v) is 0.333. The van der Waals surface area contributed by atoms with Crippen LogP contribution in [0.25, 0.3) is 0 Å². The second-order valence-corrected chi connectivity index (χ2v) is 1.76. The fraction of sp³-hybridized carbons (Fsp3) is 0.571. The van der Waals surface area contributed by atoms with E-state index in [1.54, 1.807) is 0 Å². The quantitative estimate of drug-likeness (QED) is 0.565. The van der Waals surface area contributed by atoms with Crippen LogP contribution in [-0.4, -0.2) is 6.03 Å². The summed E-state index contributed by atoms with van der Waals surface area (Å²) in [7, 11) is 0. The molecule has 3 nitrogen and oxygen atoms in total. The molecule has 0 aliphatic heterocycles. The summed E-state index contributed by atoms with van der Waals surface area (Å²) in [5, 5.41) is 0. The van der Waals surface area contributed by atoms with Crippen LogP contribution in [0.1, 0.15) is 26.7 Å². The van der Waals surface area contributed by atoms with Crippen LogP contribution in [-0.2, 0) is 0 Å². The lowest BCUT2D eigenvalue weighted by atomic mass is 10.3. The lowest BCUT2D eigenvalue weighted by molar-refractivity contribution is 0.256. The summed E-state index contributed by atoms with van der Waals surface area (Å²) in [6, 6.07) is -0.833. The molecule has 0 radical (unpaired) electrons. The van der Waals surface area contributed by atoms with Crippen LogP contribution in [0.5, 0.6) is 0 Å². The minimum atomic E-state index is -0.833. The van der Waals surface area contributed by atoms with Gasteiger partial charge in [0.15, 0.2) is 0 Å². The summed E-state index contributed by atoms with van der Waals surface area (Å²) < 4.78 is 0. The summed E-state index contributed by atoms with van der Waals surface area (Å²) in [4.78, 5) is 9.00. The number of urea groups is 1. The number of carbonyl (C=O) groups excluding carboxylic acids is 1. The van der Waals surface area contributed by atoms with Crippen LogP contribution >= 0.6 is 0 Å². The number of primary amides is 2. The Morgan fingerprint density at radius 2 is 1.90 bits per heavy atom. The van der Waals surface area contributed by atoms with E-state index in [1.807, 2.05) is 0 Å². The van der Waals surface area contributed by atoms with Gasteiger partial charge in [-0.3, -0.25) is 0 Å². The predicted octanol–water partition coefficient (Wildman–Crippen LogP) is 1.39. The van der Waals surface area contributed by atoms with Gasteiger partial charge in [0.2, 0.25) is 0 Å². The molecule has 10 heavy (non-hydrogen) atoms. The molecular formula is C7H16N2O. The molecule has 0 bridgehead atoms. The van der Waals surface area contributed by atoms with E-state index in [-0.39, 0.29) is 0 Å². The summed E-state index contributed by atoms with van der Waals surface area (Å²) >= 11 is 0. The van der Waals surface area contributed by atoms with E-state index in [0.717, 1.165) is 0 Å². The van der Waals surface area contributed by atoms with Crippen LogP contribution in [0, 0.1) is 0 Å². The molecule has 4 N–H and O–H groups in total. The van der Waals surface area contributed by atoms with Gasteiger partial charge in [-0.05, 0) is 13.3 Å². The lowest BCUT2D eigenvalue weighted by Crippen LogP contribution is -2.18. The number of carbonyl (C=O) groups is 1. The third-order valence-electron chi connectivity index (χ3n) is 0.691. The van der Waals surface area contributed by atoms with Crippen molar-refractivity contribution in [2.45, 2.75) is 26.7 Å². The van der Waals surface area contributed by atoms with E-state index in [0.29, 0.717) is 0 Å². The topological polar surface area (TPSA) is 69.1 Å². The molecule has 2 amide bonds. The molecule has 0 spiro atoms. The number of hydrogen-bond donors (Lipinski definition) is 2. The lowest BCUT2D eigenvalue weighted by Gasteiger charge is -1.76. The van der Waals surface area contributed by atoms with Crippen molar-refractivity contribution in [3.8, 4) is 0 Å². The van der Waals surface area contributed by atoms with Gasteiger partial charge in [0.1, 0.15) is 0 Å². The molecule has 0 aromatic rings. The van der Waals surface area contributed by atoms with Crippen molar-refractivity contribution < 1.29 is 4.79 Å². The van der Waals surface area contributed by atoms with Crippen LogP contribution in [0.4, 0.5) is 4.79 Å². The first-order valence-corrected chi connectivity index (χ1v) is 3.31.